The van der Waals surface area contributed by atoms with Crippen molar-refractivity contribution in [1.82, 2.24) is 24.9 Å². The predicted molar refractivity (Wildman–Crippen MR) is 108 cm³/mol. The van der Waals surface area contributed by atoms with E-state index in [0.717, 1.165) is 27.9 Å². The second kappa shape index (κ2) is 7.87. The molecule has 0 saturated carbocycles. The van der Waals surface area contributed by atoms with Crippen LogP contribution in [0.5, 0.6) is 0 Å². The lowest BCUT2D eigenvalue weighted by atomic mass is 10.1. The van der Waals surface area contributed by atoms with Gasteiger partial charge in [0.25, 0.3) is 5.91 Å². The first-order chi connectivity index (χ1) is 13.7. The Kier molecular flexibility index (Phi) is 5.14. The van der Waals surface area contributed by atoms with Crippen LogP contribution in [0.1, 0.15) is 16.6 Å². The van der Waals surface area contributed by atoms with Crippen LogP contribution in [-0.4, -0.2) is 45.2 Å². The highest BCUT2D eigenvalue weighted by Gasteiger charge is 2.15. The van der Waals surface area contributed by atoms with Crippen LogP contribution in [0.15, 0.2) is 54.6 Å². The zero-order valence-corrected chi connectivity index (χ0v) is 16.3. The van der Waals surface area contributed by atoms with Crippen molar-refractivity contribution in [1.29, 1.82) is 0 Å². The van der Waals surface area contributed by atoms with Crippen molar-refractivity contribution in [2.24, 2.45) is 0 Å². The molecule has 0 saturated heterocycles. The molecule has 28 heavy (non-hydrogen) atoms. The van der Waals surface area contributed by atoms with E-state index in [4.69, 9.17) is 4.74 Å². The van der Waals surface area contributed by atoms with Gasteiger partial charge in [-0.25, -0.2) is 9.50 Å². The van der Waals surface area contributed by atoms with Gasteiger partial charge >= 0.3 is 0 Å². The lowest BCUT2D eigenvalue weighted by Gasteiger charge is -2.11. The summed E-state index contributed by atoms with van der Waals surface area (Å²) >= 11 is 1.40. The quantitative estimate of drug-likeness (QED) is 0.544. The molecule has 7 nitrogen and oxygen atoms in total. The predicted octanol–water partition coefficient (Wildman–Crippen LogP) is 3.28. The summed E-state index contributed by atoms with van der Waals surface area (Å²) in [4.78, 5) is 21.7. The molecule has 4 aromatic heterocycles. The highest BCUT2D eigenvalue weighted by molar-refractivity contribution is 7.12. The summed E-state index contributed by atoms with van der Waals surface area (Å²) in [5.41, 5.74) is 4.47. The molecule has 0 aliphatic rings. The Hall–Kier alpha value is -3.10. The van der Waals surface area contributed by atoms with Crippen molar-refractivity contribution in [3.63, 3.8) is 0 Å². The molecule has 0 spiro atoms. The van der Waals surface area contributed by atoms with E-state index in [2.05, 4.69) is 20.4 Å². The van der Waals surface area contributed by atoms with Gasteiger partial charge in [-0.1, -0.05) is 6.07 Å². The van der Waals surface area contributed by atoms with Gasteiger partial charge in [-0.3, -0.25) is 9.78 Å². The number of nitrogens with zero attached hydrogens (tertiary/aromatic N) is 4. The van der Waals surface area contributed by atoms with E-state index in [0.29, 0.717) is 11.5 Å². The third-order valence-corrected chi connectivity index (χ3v) is 5.21. The molecule has 0 aromatic carbocycles. The van der Waals surface area contributed by atoms with Crippen LogP contribution in [-0.2, 0) is 4.74 Å². The average molecular weight is 393 g/mol. The number of thiophene rings is 1. The number of hydrogen-bond donors (Lipinski definition) is 1. The van der Waals surface area contributed by atoms with Gasteiger partial charge in [-0.2, -0.15) is 5.10 Å². The molecular formula is C20H19N5O2S. The lowest BCUT2D eigenvalue weighted by Crippen LogP contribution is -2.35. The number of hydrogen-bond acceptors (Lipinski definition) is 6. The molecule has 4 aromatic rings. The summed E-state index contributed by atoms with van der Waals surface area (Å²) in [6.45, 7) is 2.38. The van der Waals surface area contributed by atoms with Crippen LogP contribution in [0.25, 0.3) is 27.9 Å². The molecule has 8 heteroatoms. The molecule has 1 unspecified atom stereocenters. The minimum atomic E-state index is -0.107. The van der Waals surface area contributed by atoms with Crippen molar-refractivity contribution < 1.29 is 9.53 Å². The largest absolute Gasteiger partial charge is 0.383 e. The van der Waals surface area contributed by atoms with Gasteiger partial charge in [0.1, 0.15) is 0 Å². The third kappa shape index (κ3) is 3.64. The second-order valence-corrected chi connectivity index (χ2v) is 7.35. The summed E-state index contributed by atoms with van der Waals surface area (Å²) in [5, 5.41) is 9.30. The molecule has 1 N–H and O–H groups in total. The number of rotatable bonds is 6. The van der Waals surface area contributed by atoms with Crippen molar-refractivity contribution in [2.75, 3.05) is 13.7 Å². The van der Waals surface area contributed by atoms with Crippen LogP contribution in [0.3, 0.4) is 0 Å². The van der Waals surface area contributed by atoms with Crippen LogP contribution in [0, 0.1) is 0 Å². The zero-order valence-electron chi connectivity index (χ0n) is 15.5. The average Bonchev–Trinajstić information content (AvgIpc) is 3.35. The first-order valence-electron chi connectivity index (χ1n) is 8.78. The number of aromatic nitrogens is 4. The molecule has 0 bridgehead atoms. The van der Waals surface area contributed by atoms with Gasteiger partial charge in [0.2, 0.25) is 0 Å². The van der Waals surface area contributed by atoms with Gasteiger partial charge in [0.05, 0.1) is 17.7 Å². The van der Waals surface area contributed by atoms with Crippen molar-refractivity contribution in [3.05, 3.63) is 59.4 Å². The molecule has 4 heterocycles. The zero-order chi connectivity index (χ0) is 19.5. The Morgan fingerprint density at radius 1 is 1.29 bits per heavy atom. The molecule has 0 radical (unpaired) electrons. The summed E-state index contributed by atoms with van der Waals surface area (Å²) in [5.74, 6) is -0.107. The van der Waals surface area contributed by atoms with E-state index >= 15 is 0 Å². The highest BCUT2D eigenvalue weighted by Crippen LogP contribution is 2.29. The van der Waals surface area contributed by atoms with Gasteiger partial charge in [0.15, 0.2) is 5.65 Å². The molecule has 4 rings (SSSR count). The van der Waals surface area contributed by atoms with E-state index in [-0.39, 0.29) is 11.9 Å². The first-order valence-corrected chi connectivity index (χ1v) is 9.66. The number of methoxy groups -OCH3 is 1. The van der Waals surface area contributed by atoms with Gasteiger partial charge in [-0.15, -0.1) is 11.3 Å². The Morgan fingerprint density at radius 3 is 2.96 bits per heavy atom. The monoisotopic (exact) mass is 393 g/mol. The van der Waals surface area contributed by atoms with Crippen LogP contribution in [0.4, 0.5) is 0 Å². The number of nitrogens with one attached hydrogen (secondary N) is 1. The maximum absolute atomic E-state index is 12.4. The normalized spacial score (nSPS) is 12.2. The van der Waals surface area contributed by atoms with Crippen molar-refractivity contribution in [2.45, 2.75) is 13.0 Å². The fourth-order valence-corrected chi connectivity index (χ4v) is 3.75. The fourth-order valence-electron chi connectivity index (χ4n) is 2.94. The minimum absolute atomic E-state index is 0.0485. The Balaban J connectivity index is 1.60. The Labute approximate surface area is 166 Å². The molecule has 1 atom stereocenters. The SMILES string of the molecule is COCC(C)NC(=O)c1cc(-c2cnn3cc(-c4cccnc4)cnc23)cs1. The van der Waals surface area contributed by atoms with E-state index in [9.17, 15) is 4.79 Å². The van der Waals surface area contributed by atoms with Crippen molar-refractivity contribution >= 4 is 22.9 Å². The number of fused-ring (bicyclic) bond motifs is 1. The number of carbonyl (C=O) groups excluding carboxylic acids is 1. The number of amides is 1. The first kappa shape index (κ1) is 18.3. The lowest BCUT2D eigenvalue weighted by molar-refractivity contribution is 0.0909. The summed E-state index contributed by atoms with van der Waals surface area (Å²) in [7, 11) is 1.61. The maximum atomic E-state index is 12.4. The van der Waals surface area contributed by atoms with E-state index in [1.807, 2.05) is 42.9 Å². The van der Waals surface area contributed by atoms with Gasteiger partial charge in [0, 0.05) is 54.6 Å². The third-order valence-electron chi connectivity index (χ3n) is 4.28. The fraction of sp³-hybridized carbons (Fsp3) is 0.200. The summed E-state index contributed by atoms with van der Waals surface area (Å²) in [6, 6.07) is 5.69. The standard InChI is InChI=1S/C20H19N5O2S/c1-13(11-27-2)24-20(26)18-6-15(12-28-18)17-9-23-25-10-16(8-22-19(17)25)14-4-3-5-21-7-14/h3-10,12-13H,11H2,1-2H3,(H,24,26). The maximum Gasteiger partial charge on any atom is 0.261 e. The molecule has 1 amide bonds. The van der Waals surface area contributed by atoms with Crippen LogP contribution >= 0.6 is 11.3 Å². The number of pyridine rings is 1. The van der Waals surface area contributed by atoms with Gasteiger partial charge < -0.3 is 10.1 Å². The van der Waals surface area contributed by atoms with E-state index in [1.165, 1.54) is 11.3 Å². The Morgan fingerprint density at radius 2 is 2.18 bits per heavy atom. The molecule has 0 fully saturated rings. The van der Waals surface area contributed by atoms with E-state index < -0.39 is 0 Å². The molecular weight excluding hydrogens is 374 g/mol. The van der Waals surface area contributed by atoms with Crippen LogP contribution < -0.4 is 5.32 Å². The van der Waals surface area contributed by atoms with E-state index in [1.54, 1.807) is 30.2 Å². The Bertz CT molecular complexity index is 1110. The number of ether oxygens (including phenoxy) is 1. The second-order valence-electron chi connectivity index (χ2n) is 6.44. The number of carbonyl (C=O) groups is 1. The summed E-state index contributed by atoms with van der Waals surface area (Å²) in [6.07, 6.45) is 9.04. The topological polar surface area (TPSA) is 81.4 Å². The molecule has 0 aliphatic heterocycles. The smallest absolute Gasteiger partial charge is 0.261 e. The molecule has 142 valence electrons. The van der Waals surface area contributed by atoms with Crippen LogP contribution in [0.2, 0.25) is 0 Å². The summed E-state index contributed by atoms with van der Waals surface area (Å²) < 4.78 is 6.81. The van der Waals surface area contributed by atoms with Gasteiger partial charge in [-0.05, 0) is 30.0 Å². The highest BCUT2D eigenvalue weighted by atomic mass is 32.1. The molecule has 0 aliphatic carbocycles. The minimum Gasteiger partial charge on any atom is -0.383 e. The van der Waals surface area contributed by atoms with Crippen molar-refractivity contribution in [3.8, 4) is 22.3 Å².